The summed E-state index contributed by atoms with van der Waals surface area (Å²) < 4.78 is 0. The lowest BCUT2D eigenvalue weighted by Gasteiger charge is -2.15. The quantitative estimate of drug-likeness (QED) is 0.885. The third-order valence-corrected chi connectivity index (χ3v) is 4.36. The van der Waals surface area contributed by atoms with Crippen molar-refractivity contribution in [3.63, 3.8) is 0 Å². The Bertz CT molecular complexity index is 805. The number of carbonyl (C=O) groups excluding carboxylic acids is 2. The standard InChI is InChI=1S/C17H14Cl2N2O2/c1-10(22)21-7-6-11-8-12(2-5-16(11)21)17(23)20-15-9-13(18)3-4-14(15)19/h2-5,8-9H,6-7H2,1H3,(H,20,23). The lowest BCUT2D eigenvalue weighted by Crippen LogP contribution is -2.25. The molecule has 3 rings (SSSR count). The van der Waals surface area contributed by atoms with Crippen molar-refractivity contribution >= 4 is 46.4 Å². The predicted molar refractivity (Wildman–Crippen MR) is 92.6 cm³/mol. The van der Waals surface area contributed by atoms with Crippen LogP contribution in [0.1, 0.15) is 22.8 Å². The number of rotatable bonds is 2. The van der Waals surface area contributed by atoms with E-state index in [0.29, 0.717) is 27.8 Å². The van der Waals surface area contributed by atoms with E-state index < -0.39 is 0 Å². The second-order valence-corrected chi connectivity index (χ2v) is 6.19. The third-order valence-electron chi connectivity index (χ3n) is 3.79. The van der Waals surface area contributed by atoms with Crippen molar-refractivity contribution in [1.82, 2.24) is 0 Å². The molecule has 0 aromatic heterocycles. The van der Waals surface area contributed by atoms with Crippen LogP contribution in [0.2, 0.25) is 10.0 Å². The molecular weight excluding hydrogens is 335 g/mol. The monoisotopic (exact) mass is 348 g/mol. The summed E-state index contributed by atoms with van der Waals surface area (Å²) in [5.74, 6) is -0.259. The maximum atomic E-state index is 12.4. The van der Waals surface area contributed by atoms with Gasteiger partial charge in [0.25, 0.3) is 5.91 Å². The molecule has 6 heteroatoms. The number of hydrogen-bond donors (Lipinski definition) is 1. The van der Waals surface area contributed by atoms with Crippen LogP contribution >= 0.6 is 23.2 Å². The maximum absolute atomic E-state index is 12.4. The van der Waals surface area contributed by atoms with E-state index >= 15 is 0 Å². The maximum Gasteiger partial charge on any atom is 0.255 e. The van der Waals surface area contributed by atoms with Crippen LogP contribution in [0.3, 0.4) is 0 Å². The van der Waals surface area contributed by atoms with E-state index in [1.807, 2.05) is 6.07 Å². The average Bonchev–Trinajstić information content (AvgIpc) is 2.94. The molecule has 2 aromatic rings. The molecule has 0 saturated heterocycles. The van der Waals surface area contributed by atoms with Crippen molar-refractivity contribution in [2.45, 2.75) is 13.3 Å². The van der Waals surface area contributed by atoms with Gasteiger partial charge in [0, 0.05) is 29.7 Å². The van der Waals surface area contributed by atoms with Crippen LogP contribution in [0, 0.1) is 0 Å². The van der Waals surface area contributed by atoms with Crippen molar-refractivity contribution in [3.05, 3.63) is 57.6 Å². The van der Waals surface area contributed by atoms with Crippen LogP contribution in [0.4, 0.5) is 11.4 Å². The van der Waals surface area contributed by atoms with Crippen molar-refractivity contribution in [2.75, 3.05) is 16.8 Å². The van der Waals surface area contributed by atoms with Crippen LogP contribution in [0.5, 0.6) is 0 Å². The lowest BCUT2D eigenvalue weighted by atomic mass is 10.1. The van der Waals surface area contributed by atoms with Gasteiger partial charge in [0.2, 0.25) is 5.91 Å². The van der Waals surface area contributed by atoms with Gasteiger partial charge in [-0.3, -0.25) is 9.59 Å². The molecule has 0 spiro atoms. The minimum Gasteiger partial charge on any atom is -0.321 e. The normalized spacial score (nSPS) is 12.9. The second-order valence-electron chi connectivity index (χ2n) is 5.34. The molecule has 1 heterocycles. The summed E-state index contributed by atoms with van der Waals surface area (Å²) in [7, 11) is 0. The molecule has 0 saturated carbocycles. The number of nitrogens with zero attached hydrogens (tertiary/aromatic N) is 1. The molecule has 0 aliphatic carbocycles. The summed E-state index contributed by atoms with van der Waals surface area (Å²) in [5.41, 5.74) is 2.85. The molecule has 0 atom stereocenters. The highest BCUT2D eigenvalue weighted by molar-refractivity contribution is 6.35. The molecule has 23 heavy (non-hydrogen) atoms. The molecule has 2 aromatic carbocycles. The lowest BCUT2D eigenvalue weighted by molar-refractivity contribution is -0.116. The number of nitrogens with one attached hydrogen (secondary N) is 1. The molecule has 4 nitrogen and oxygen atoms in total. The Labute approximate surface area is 144 Å². The molecule has 0 unspecified atom stereocenters. The summed E-state index contributed by atoms with van der Waals surface area (Å²) in [6.45, 7) is 2.19. The number of hydrogen-bond acceptors (Lipinski definition) is 2. The van der Waals surface area contributed by atoms with Crippen molar-refractivity contribution < 1.29 is 9.59 Å². The summed E-state index contributed by atoms with van der Waals surface area (Å²) in [4.78, 5) is 25.7. The van der Waals surface area contributed by atoms with Crippen LogP contribution in [0.15, 0.2) is 36.4 Å². The molecule has 0 radical (unpaired) electrons. The first-order chi connectivity index (χ1) is 11.0. The van der Waals surface area contributed by atoms with E-state index in [4.69, 9.17) is 23.2 Å². The molecule has 0 fully saturated rings. The van der Waals surface area contributed by atoms with Crippen LogP contribution in [-0.2, 0) is 11.2 Å². The van der Waals surface area contributed by atoms with E-state index in [2.05, 4.69) is 5.32 Å². The first-order valence-corrected chi connectivity index (χ1v) is 7.89. The Morgan fingerprint density at radius 2 is 1.91 bits per heavy atom. The number of fused-ring (bicyclic) bond motifs is 1. The van der Waals surface area contributed by atoms with Crippen LogP contribution in [0.25, 0.3) is 0 Å². The van der Waals surface area contributed by atoms with Crippen LogP contribution in [-0.4, -0.2) is 18.4 Å². The van der Waals surface area contributed by atoms with Gasteiger partial charge in [0.05, 0.1) is 10.7 Å². The SMILES string of the molecule is CC(=O)N1CCc2cc(C(=O)Nc3cc(Cl)ccc3Cl)ccc21. The zero-order valence-electron chi connectivity index (χ0n) is 12.4. The fourth-order valence-electron chi connectivity index (χ4n) is 2.66. The summed E-state index contributed by atoms with van der Waals surface area (Å²) >= 11 is 12.0. The topological polar surface area (TPSA) is 49.4 Å². The number of halogens is 2. The fourth-order valence-corrected chi connectivity index (χ4v) is 2.99. The Balaban J connectivity index is 1.84. The van der Waals surface area contributed by atoms with Crippen LogP contribution < -0.4 is 10.2 Å². The summed E-state index contributed by atoms with van der Waals surface area (Å²) in [6.07, 6.45) is 0.744. The molecule has 1 N–H and O–H groups in total. The Hall–Kier alpha value is -2.04. The van der Waals surface area contributed by atoms with E-state index in [9.17, 15) is 9.59 Å². The zero-order chi connectivity index (χ0) is 16.6. The fraction of sp³-hybridized carbons (Fsp3) is 0.176. The first kappa shape index (κ1) is 15.8. The molecule has 2 amide bonds. The van der Waals surface area contributed by atoms with Gasteiger partial charge in [-0.25, -0.2) is 0 Å². The highest BCUT2D eigenvalue weighted by Gasteiger charge is 2.23. The summed E-state index contributed by atoms with van der Waals surface area (Å²) in [6, 6.07) is 10.2. The van der Waals surface area contributed by atoms with E-state index in [1.54, 1.807) is 35.2 Å². The minimum atomic E-state index is -0.266. The predicted octanol–water partition coefficient (Wildman–Crippen LogP) is 4.15. The third kappa shape index (κ3) is 3.19. The number of carbonyl (C=O) groups is 2. The molecular formula is C17H14Cl2N2O2. The highest BCUT2D eigenvalue weighted by Crippen LogP contribution is 2.30. The summed E-state index contributed by atoms with van der Waals surface area (Å²) in [5, 5.41) is 3.68. The largest absolute Gasteiger partial charge is 0.321 e. The van der Waals surface area contributed by atoms with Gasteiger partial charge in [0.15, 0.2) is 0 Å². The van der Waals surface area contributed by atoms with Crippen molar-refractivity contribution in [1.29, 1.82) is 0 Å². The van der Waals surface area contributed by atoms with Gasteiger partial charge in [-0.05, 0) is 48.4 Å². The smallest absolute Gasteiger partial charge is 0.255 e. The number of anilines is 2. The van der Waals surface area contributed by atoms with Crippen molar-refractivity contribution in [2.24, 2.45) is 0 Å². The van der Waals surface area contributed by atoms with E-state index in [0.717, 1.165) is 17.7 Å². The molecule has 1 aliphatic heterocycles. The van der Waals surface area contributed by atoms with Gasteiger partial charge in [-0.15, -0.1) is 0 Å². The molecule has 1 aliphatic rings. The van der Waals surface area contributed by atoms with E-state index in [1.165, 1.54) is 6.92 Å². The van der Waals surface area contributed by atoms with Gasteiger partial charge < -0.3 is 10.2 Å². The van der Waals surface area contributed by atoms with Gasteiger partial charge in [-0.2, -0.15) is 0 Å². The number of amides is 2. The van der Waals surface area contributed by atoms with Crippen molar-refractivity contribution in [3.8, 4) is 0 Å². The van der Waals surface area contributed by atoms with Gasteiger partial charge in [0.1, 0.15) is 0 Å². The Kier molecular flexibility index (Phi) is 4.28. The van der Waals surface area contributed by atoms with E-state index in [-0.39, 0.29) is 11.8 Å². The number of benzene rings is 2. The first-order valence-electron chi connectivity index (χ1n) is 7.13. The van der Waals surface area contributed by atoms with Gasteiger partial charge >= 0.3 is 0 Å². The van der Waals surface area contributed by atoms with Gasteiger partial charge in [-0.1, -0.05) is 23.2 Å². The second kappa shape index (κ2) is 6.22. The minimum absolute atomic E-state index is 0.00617. The zero-order valence-corrected chi connectivity index (χ0v) is 13.9. The average molecular weight is 349 g/mol. The Morgan fingerprint density at radius 3 is 2.65 bits per heavy atom. The molecule has 118 valence electrons. The molecule has 0 bridgehead atoms. The highest BCUT2D eigenvalue weighted by atomic mass is 35.5. The Morgan fingerprint density at radius 1 is 1.13 bits per heavy atom.